The van der Waals surface area contributed by atoms with Crippen molar-refractivity contribution in [1.29, 1.82) is 0 Å². The molecule has 2 aromatic heterocycles. The fourth-order valence-corrected chi connectivity index (χ4v) is 10.8. The van der Waals surface area contributed by atoms with Crippen LogP contribution in [0.2, 0.25) is 0 Å². The summed E-state index contributed by atoms with van der Waals surface area (Å²) < 4.78 is 9.02. The number of para-hydroxylation sites is 1. The molecule has 0 atom stereocenters. The van der Waals surface area contributed by atoms with Gasteiger partial charge in [0.1, 0.15) is 11.2 Å². The molecule has 3 heteroatoms. The number of hydrogen-bond acceptors (Lipinski definition) is 3. The molecule has 0 amide bonds. The maximum Gasteiger partial charge on any atom is 0.137 e. The number of fused-ring (bicyclic) bond motifs is 9. The maximum absolute atomic E-state index is 6.51. The number of hydrogen-bond donors (Lipinski definition) is 0. The Balaban J connectivity index is 1.13. The summed E-state index contributed by atoms with van der Waals surface area (Å²) in [5.74, 6) is 0. The topological polar surface area (TPSA) is 16.4 Å². The van der Waals surface area contributed by atoms with Crippen LogP contribution in [0.1, 0.15) is 22.3 Å². The first-order valence-electron chi connectivity index (χ1n) is 19.8. The van der Waals surface area contributed by atoms with Crippen LogP contribution < -0.4 is 4.90 Å². The molecule has 0 bridgehead atoms. The van der Waals surface area contributed by atoms with E-state index in [0.29, 0.717) is 0 Å². The Hall–Kier alpha value is -7.20. The molecule has 0 saturated carbocycles. The number of furan rings is 1. The normalized spacial score (nSPS) is 13.0. The van der Waals surface area contributed by atoms with Gasteiger partial charge in [0.25, 0.3) is 0 Å². The van der Waals surface area contributed by atoms with Gasteiger partial charge in [0.05, 0.1) is 11.1 Å². The first kappa shape index (κ1) is 33.0. The first-order valence-corrected chi connectivity index (χ1v) is 20.6. The van der Waals surface area contributed by atoms with E-state index in [0.717, 1.165) is 39.0 Å². The zero-order chi connectivity index (χ0) is 38.2. The molecule has 0 N–H and O–H groups in total. The van der Waals surface area contributed by atoms with E-state index in [-0.39, 0.29) is 0 Å². The average Bonchev–Trinajstić information content (AvgIpc) is 3.95. The summed E-state index contributed by atoms with van der Waals surface area (Å²) in [6.07, 6.45) is 0. The monoisotopic (exact) mass is 757 g/mol. The van der Waals surface area contributed by atoms with Gasteiger partial charge in [-0.2, -0.15) is 0 Å². The van der Waals surface area contributed by atoms with Crippen LogP contribution in [0, 0.1) is 0 Å². The van der Waals surface area contributed by atoms with Gasteiger partial charge in [0, 0.05) is 48.4 Å². The molecule has 1 aliphatic rings. The Morgan fingerprint density at radius 2 is 1.05 bits per heavy atom. The van der Waals surface area contributed by atoms with Crippen molar-refractivity contribution in [2.45, 2.75) is 5.41 Å². The highest BCUT2D eigenvalue weighted by Crippen LogP contribution is 2.57. The second kappa shape index (κ2) is 12.9. The lowest BCUT2D eigenvalue weighted by atomic mass is 9.67. The summed E-state index contributed by atoms with van der Waals surface area (Å²) >= 11 is 1.86. The van der Waals surface area contributed by atoms with Crippen molar-refractivity contribution < 1.29 is 4.42 Å². The molecule has 272 valence electrons. The van der Waals surface area contributed by atoms with Gasteiger partial charge in [-0.15, -0.1) is 11.3 Å². The van der Waals surface area contributed by atoms with Gasteiger partial charge in [-0.05, 0) is 99.1 Å². The fraction of sp³-hybridized carbons (Fsp3) is 0.0182. The van der Waals surface area contributed by atoms with Crippen LogP contribution in [-0.4, -0.2) is 0 Å². The van der Waals surface area contributed by atoms with Crippen molar-refractivity contribution in [2.24, 2.45) is 0 Å². The molecule has 0 radical (unpaired) electrons. The summed E-state index contributed by atoms with van der Waals surface area (Å²) in [5, 5.41) is 4.73. The number of benzene rings is 9. The summed E-state index contributed by atoms with van der Waals surface area (Å²) in [6.45, 7) is 0. The number of rotatable bonds is 6. The minimum atomic E-state index is -0.484. The van der Waals surface area contributed by atoms with E-state index in [4.69, 9.17) is 4.42 Å². The largest absolute Gasteiger partial charge is 0.456 e. The van der Waals surface area contributed by atoms with Crippen molar-refractivity contribution in [3.05, 3.63) is 235 Å². The summed E-state index contributed by atoms with van der Waals surface area (Å²) in [6, 6.07) is 77.6. The Morgan fingerprint density at radius 1 is 0.397 bits per heavy atom. The molecule has 12 rings (SSSR count). The Kier molecular flexibility index (Phi) is 7.35. The summed E-state index contributed by atoms with van der Waals surface area (Å²) in [5.41, 5.74) is 14.6. The van der Waals surface area contributed by atoms with Crippen LogP contribution in [0.4, 0.5) is 17.1 Å². The molecule has 2 nitrogen and oxygen atoms in total. The highest BCUT2D eigenvalue weighted by Gasteiger charge is 2.46. The number of nitrogens with zero attached hydrogens (tertiary/aromatic N) is 1. The molecular weight excluding hydrogens is 723 g/mol. The molecule has 11 aromatic rings. The second-order valence-electron chi connectivity index (χ2n) is 15.2. The third kappa shape index (κ3) is 4.84. The van der Waals surface area contributed by atoms with Crippen molar-refractivity contribution >= 4 is 70.5 Å². The van der Waals surface area contributed by atoms with Crippen LogP contribution in [0.3, 0.4) is 0 Å². The lowest BCUT2D eigenvalue weighted by molar-refractivity contribution is 0.669. The van der Waals surface area contributed by atoms with Crippen LogP contribution in [0.5, 0.6) is 0 Å². The Bertz CT molecular complexity index is 3310. The fourth-order valence-electron chi connectivity index (χ4n) is 9.68. The van der Waals surface area contributed by atoms with Crippen LogP contribution in [0.25, 0.3) is 64.4 Å². The highest BCUT2D eigenvalue weighted by molar-refractivity contribution is 7.26. The van der Waals surface area contributed by atoms with Gasteiger partial charge >= 0.3 is 0 Å². The minimum absolute atomic E-state index is 0.484. The third-order valence-electron chi connectivity index (χ3n) is 12.1. The Morgan fingerprint density at radius 3 is 1.86 bits per heavy atom. The van der Waals surface area contributed by atoms with Crippen LogP contribution in [0.15, 0.2) is 217 Å². The zero-order valence-corrected chi connectivity index (χ0v) is 32.3. The van der Waals surface area contributed by atoms with Gasteiger partial charge < -0.3 is 9.32 Å². The van der Waals surface area contributed by atoms with Gasteiger partial charge in [0.15, 0.2) is 0 Å². The molecule has 58 heavy (non-hydrogen) atoms. The van der Waals surface area contributed by atoms with Crippen molar-refractivity contribution in [2.75, 3.05) is 4.90 Å². The van der Waals surface area contributed by atoms with E-state index in [1.54, 1.807) is 0 Å². The van der Waals surface area contributed by atoms with Crippen LogP contribution >= 0.6 is 11.3 Å². The van der Waals surface area contributed by atoms with Crippen LogP contribution in [-0.2, 0) is 5.41 Å². The van der Waals surface area contributed by atoms with E-state index in [2.05, 4.69) is 211 Å². The minimum Gasteiger partial charge on any atom is -0.456 e. The maximum atomic E-state index is 6.51. The molecular formula is C55H35NOS. The van der Waals surface area contributed by atoms with Gasteiger partial charge in [-0.25, -0.2) is 0 Å². The molecule has 0 fully saturated rings. The van der Waals surface area contributed by atoms with E-state index in [1.807, 2.05) is 17.4 Å². The Labute approximate surface area is 340 Å². The number of thiophene rings is 1. The van der Waals surface area contributed by atoms with E-state index in [1.165, 1.54) is 64.7 Å². The lowest BCUT2D eigenvalue weighted by Crippen LogP contribution is -2.28. The smallest absolute Gasteiger partial charge is 0.137 e. The molecule has 0 saturated heterocycles. The summed E-state index contributed by atoms with van der Waals surface area (Å²) in [7, 11) is 0. The molecule has 0 aliphatic heterocycles. The van der Waals surface area contributed by atoms with Gasteiger partial charge in [-0.1, -0.05) is 152 Å². The molecule has 0 spiro atoms. The molecule has 2 heterocycles. The zero-order valence-electron chi connectivity index (χ0n) is 31.5. The van der Waals surface area contributed by atoms with Crippen molar-refractivity contribution in [3.8, 4) is 22.3 Å². The number of anilines is 3. The highest BCUT2D eigenvalue weighted by atomic mass is 32.1. The van der Waals surface area contributed by atoms with E-state index < -0.39 is 5.41 Å². The predicted molar refractivity (Wildman–Crippen MR) is 244 cm³/mol. The van der Waals surface area contributed by atoms with E-state index in [9.17, 15) is 0 Å². The van der Waals surface area contributed by atoms with Crippen molar-refractivity contribution in [3.63, 3.8) is 0 Å². The van der Waals surface area contributed by atoms with E-state index >= 15 is 0 Å². The molecule has 1 aliphatic carbocycles. The first-order chi connectivity index (χ1) is 28.8. The SMILES string of the molecule is c1ccc(-c2cccc(N(c3ccc4c(c3)oc3ccccc34)c3cccc4sc5ccc(C6(c7ccccc7)c7ccccc7-c7ccccc76)cc5c34)c2)cc1. The van der Waals surface area contributed by atoms with Crippen molar-refractivity contribution in [1.82, 2.24) is 0 Å². The van der Waals surface area contributed by atoms with Gasteiger partial charge in [-0.3, -0.25) is 0 Å². The molecule has 9 aromatic carbocycles. The summed E-state index contributed by atoms with van der Waals surface area (Å²) in [4.78, 5) is 2.42. The lowest BCUT2D eigenvalue weighted by Gasteiger charge is -2.34. The quantitative estimate of drug-likeness (QED) is 0.168. The predicted octanol–water partition coefficient (Wildman–Crippen LogP) is 15.5. The average molecular weight is 758 g/mol. The molecule has 0 unspecified atom stereocenters. The standard InChI is InChI=1S/C55H35NOS/c1-3-15-36(16-4-1)37-17-13-20-40(33-37)56(41-30-31-45-44-23-9-12-27-50(44)57-51(45)35-41)49-26-14-28-53-54(49)46-34-39(29-32-52(46)58-53)55(38-18-5-2-6-19-38)47-24-10-7-21-42(47)43-22-8-11-25-48(43)55/h1-35H. The third-order valence-corrected chi connectivity index (χ3v) is 13.3. The second-order valence-corrected chi connectivity index (χ2v) is 16.3. The van der Waals surface area contributed by atoms with Gasteiger partial charge in [0.2, 0.25) is 0 Å².